The second-order valence-electron chi connectivity index (χ2n) is 7.42. The first-order valence-corrected chi connectivity index (χ1v) is 11.5. The number of fused-ring (bicyclic) bond motifs is 3. The van der Waals surface area contributed by atoms with Gasteiger partial charge in [-0.05, 0) is 51.9 Å². The van der Waals surface area contributed by atoms with E-state index < -0.39 is 41.0 Å². The molecule has 0 aromatic heterocycles. The number of benzene rings is 5. The molecule has 32 heavy (non-hydrogen) atoms. The van der Waals surface area contributed by atoms with Crippen LogP contribution in [0.3, 0.4) is 0 Å². The van der Waals surface area contributed by atoms with Crippen molar-refractivity contribution >= 4 is 44.6 Å². The molecule has 5 aromatic rings. The average Bonchev–Trinajstić information content (AvgIpc) is 2.81. The molecule has 0 heterocycles. The largest absolute Gasteiger partial charge is 0.308 e. The van der Waals surface area contributed by atoms with Crippen LogP contribution >= 0.6 is 7.14 Å². The van der Waals surface area contributed by atoms with Crippen molar-refractivity contribution in [3.05, 3.63) is 114 Å². The van der Waals surface area contributed by atoms with Gasteiger partial charge in [-0.15, -0.1) is 0 Å². The molecule has 0 saturated carbocycles. The van der Waals surface area contributed by atoms with Crippen LogP contribution < -0.4 is 15.9 Å². The van der Waals surface area contributed by atoms with Crippen molar-refractivity contribution in [1.29, 1.82) is 0 Å². The normalized spacial score (nSPS) is 11.9. The fourth-order valence-corrected chi connectivity index (χ4v) is 7.15. The van der Waals surface area contributed by atoms with E-state index in [0.717, 1.165) is 35.0 Å². The van der Waals surface area contributed by atoms with Gasteiger partial charge in [-0.1, -0.05) is 60.7 Å². The van der Waals surface area contributed by atoms with E-state index in [9.17, 15) is 13.3 Å². The Bertz CT molecular complexity index is 1510. The molecule has 0 spiro atoms. The number of halogens is 4. The van der Waals surface area contributed by atoms with Crippen molar-refractivity contribution in [1.82, 2.24) is 0 Å². The molecule has 5 aromatic carbocycles. The van der Waals surface area contributed by atoms with Gasteiger partial charge < -0.3 is 4.57 Å². The Morgan fingerprint density at radius 3 is 1.59 bits per heavy atom. The highest BCUT2D eigenvalue weighted by Crippen LogP contribution is 2.47. The van der Waals surface area contributed by atoms with Gasteiger partial charge in [0.05, 0.1) is 10.6 Å². The van der Waals surface area contributed by atoms with Gasteiger partial charge in [-0.3, -0.25) is 0 Å². The van der Waals surface area contributed by atoms with Crippen LogP contribution in [-0.4, -0.2) is 0 Å². The third-order valence-corrected chi connectivity index (χ3v) is 8.72. The summed E-state index contributed by atoms with van der Waals surface area (Å²) in [7, 11) is -4.39. The van der Waals surface area contributed by atoms with Crippen molar-refractivity contribution in [2.75, 3.05) is 0 Å². The van der Waals surface area contributed by atoms with Crippen molar-refractivity contribution in [3.63, 3.8) is 0 Å². The molecule has 0 amide bonds. The number of hydrogen-bond acceptors (Lipinski definition) is 1. The van der Waals surface area contributed by atoms with E-state index in [0.29, 0.717) is 10.8 Å². The Morgan fingerprint density at radius 2 is 1.00 bits per heavy atom. The van der Waals surface area contributed by atoms with Gasteiger partial charge in [0.2, 0.25) is 0 Å². The van der Waals surface area contributed by atoms with Crippen molar-refractivity contribution in [2.24, 2.45) is 0 Å². The molecule has 0 aliphatic carbocycles. The molecule has 6 heteroatoms. The van der Waals surface area contributed by atoms with E-state index in [1.54, 1.807) is 36.4 Å². The minimum atomic E-state index is -4.39. The molecule has 0 atom stereocenters. The first-order valence-electron chi connectivity index (χ1n) is 9.83. The van der Waals surface area contributed by atoms with Gasteiger partial charge in [0.25, 0.3) is 0 Å². The van der Waals surface area contributed by atoms with Crippen molar-refractivity contribution in [2.45, 2.75) is 0 Å². The van der Waals surface area contributed by atoms with Crippen molar-refractivity contribution in [3.8, 4) is 0 Å². The molecule has 0 unspecified atom stereocenters. The quantitative estimate of drug-likeness (QED) is 0.182. The third-order valence-electron chi connectivity index (χ3n) is 5.63. The topological polar surface area (TPSA) is 17.1 Å². The minimum absolute atomic E-state index is 0.112. The van der Waals surface area contributed by atoms with Crippen molar-refractivity contribution < 1.29 is 22.1 Å². The summed E-state index contributed by atoms with van der Waals surface area (Å²) in [4.78, 5) is 0. The van der Waals surface area contributed by atoms with E-state index in [1.165, 1.54) is 12.1 Å². The summed E-state index contributed by atoms with van der Waals surface area (Å²) >= 11 is 0. The summed E-state index contributed by atoms with van der Waals surface area (Å²) in [6.45, 7) is 0. The highest BCUT2D eigenvalue weighted by atomic mass is 31.2. The van der Waals surface area contributed by atoms with Crippen LogP contribution in [0.4, 0.5) is 17.6 Å². The predicted molar refractivity (Wildman–Crippen MR) is 121 cm³/mol. The Kier molecular flexibility index (Phi) is 4.87. The van der Waals surface area contributed by atoms with E-state index in [-0.39, 0.29) is 5.30 Å². The second kappa shape index (κ2) is 7.61. The maximum Gasteiger partial charge on any atom is 0.177 e. The third kappa shape index (κ3) is 2.96. The second-order valence-corrected chi connectivity index (χ2v) is 10.1. The monoisotopic (exact) mass is 450 g/mol. The highest BCUT2D eigenvalue weighted by molar-refractivity contribution is 7.85. The Labute approximate surface area is 181 Å². The summed E-state index contributed by atoms with van der Waals surface area (Å²) in [6.07, 6.45) is 0. The lowest BCUT2D eigenvalue weighted by Crippen LogP contribution is -2.30. The van der Waals surface area contributed by atoms with Gasteiger partial charge in [0.1, 0.15) is 0 Å². The van der Waals surface area contributed by atoms with Gasteiger partial charge in [0, 0.05) is 5.30 Å². The molecule has 0 bridgehead atoms. The standard InChI is InChI=1S/C26H15F4OP/c27-20-11-5-13-22(25(20)29)32(31,23-14-6-12-21(28)26(23)30)24-15-16-7-1-2-8-17(16)18-9-3-4-10-19(18)24/h1-15H. The molecule has 1 nitrogen and oxygen atoms in total. The zero-order chi connectivity index (χ0) is 22.5. The van der Waals surface area contributed by atoms with Crippen LogP contribution in [-0.2, 0) is 4.57 Å². The maximum atomic E-state index is 15.1. The molecule has 0 aliphatic heterocycles. The van der Waals surface area contributed by atoms with Crippen LogP contribution in [0.1, 0.15) is 0 Å². The summed E-state index contributed by atoms with van der Waals surface area (Å²) in [5, 5.41) is 1.84. The number of rotatable bonds is 3. The van der Waals surface area contributed by atoms with E-state index in [4.69, 9.17) is 0 Å². The molecule has 0 fully saturated rings. The van der Waals surface area contributed by atoms with E-state index in [2.05, 4.69) is 0 Å². The zero-order valence-corrected chi connectivity index (χ0v) is 17.4. The molecule has 0 saturated heterocycles. The highest BCUT2D eigenvalue weighted by Gasteiger charge is 2.38. The van der Waals surface area contributed by atoms with Gasteiger partial charge in [-0.25, -0.2) is 17.6 Å². The lowest BCUT2D eigenvalue weighted by atomic mass is 10.0. The van der Waals surface area contributed by atoms with Crippen LogP contribution in [0.15, 0.2) is 91.0 Å². The summed E-state index contributed by atoms with van der Waals surface area (Å²) in [5.41, 5.74) is 0. The lowest BCUT2D eigenvalue weighted by Gasteiger charge is -2.23. The van der Waals surface area contributed by atoms with Gasteiger partial charge in [-0.2, -0.15) is 0 Å². The van der Waals surface area contributed by atoms with Gasteiger partial charge >= 0.3 is 0 Å². The smallest absolute Gasteiger partial charge is 0.177 e. The fraction of sp³-hybridized carbons (Fsp3) is 0. The predicted octanol–water partition coefficient (Wildman–Crippen LogP) is 6.19. The SMILES string of the molecule is O=P(c1cccc(F)c1F)(c1cccc(F)c1F)c1cc2ccccc2c2ccccc12. The number of hydrogen-bond donors (Lipinski definition) is 0. The first-order chi connectivity index (χ1) is 15.4. The Morgan fingerprint density at radius 1 is 0.500 bits per heavy atom. The van der Waals surface area contributed by atoms with Crippen LogP contribution in [0.5, 0.6) is 0 Å². The average molecular weight is 450 g/mol. The fourth-order valence-electron chi connectivity index (χ4n) is 4.16. The lowest BCUT2D eigenvalue weighted by molar-refractivity contribution is 0.509. The summed E-state index contributed by atoms with van der Waals surface area (Å²) < 4.78 is 73.4. The Balaban J connectivity index is 2.01. The van der Waals surface area contributed by atoms with Crippen LogP contribution in [0.25, 0.3) is 21.5 Å². The zero-order valence-electron chi connectivity index (χ0n) is 16.5. The first kappa shape index (κ1) is 20.5. The molecule has 0 aliphatic rings. The molecule has 5 rings (SSSR count). The Hall–Kier alpha value is -3.43. The summed E-state index contributed by atoms with van der Waals surface area (Å²) in [6, 6.07) is 22.5. The van der Waals surface area contributed by atoms with E-state index >= 15 is 8.78 Å². The molecule has 0 N–H and O–H groups in total. The van der Waals surface area contributed by atoms with E-state index in [1.807, 2.05) is 18.2 Å². The van der Waals surface area contributed by atoms with Crippen LogP contribution in [0, 0.1) is 23.3 Å². The van der Waals surface area contributed by atoms with Gasteiger partial charge in [0.15, 0.2) is 30.4 Å². The van der Waals surface area contributed by atoms with Crippen LogP contribution in [0.2, 0.25) is 0 Å². The molecule has 158 valence electrons. The molecule has 0 radical (unpaired) electrons. The maximum absolute atomic E-state index is 15.1. The summed E-state index contributed by atoms with van der Waals surface area (Å²) in [5.74, 6) is -5.14. The minimum Gasteiger partial charge on any atom is -0.308 e. The molecular formula is C26H15F4OP. The molecular weight excluding hydrogens is 435 g/mol.